The van der Waals surface area contributed by atoms with Gasteiger partial charge in [-0.15, -0.1) is 0 Å². The lowest BCUT2D eigenvalue weighted by molar-refractivity contribution is -0.121. The third kappa shape index (κ3) is 5.51. The normalized spacial score (nSPS) is 12.2. The molecule has 0 fully saturated rings. The quantitative estimate of drug-likeness (QED) is 0.747. The first-order valence-corrected chi connectivity index (χ1v) is 7.22. The third-order valence-corrected chi connectivity index (χ3v) is 3.20. The number of carbonyl (C=O) groups is 1. The van der Waals surface area contributed by atoms with Crippen molar-refractivity contribution in [3.8, 4) is 0 Å². The Balaban J connectivity index is 2.30. The van der Waals surface area contributed by atoms with Crippen LogP contribution < -0.4 is 5.32 Å². The van der Waals surface area contributed by atoms with E-state index in [9.17, 15) is 14.3 Å². The van der Waals surface area contributed by atoms with Gasteiger partial charge in [-0.1, -0.05) is 12.1 Å². The predicted octanol–water partition coefficient (Wildman–Crippen LogP) is 2.12. The Hall–Kier alpha value is -1.07. The van der Waals surface area contributed by atoms with Gasteiger partial charge < -0.3 is 10.4 Å². The molecule has 0 radical (unpaired) electrons. The van der Waals surface area contributed by atoms with Crippen LogP contribution in [0.3, 0.4) is 0 Å². The number of amides is 1. The summed E-state index contributed by atoms with van der Waals surface area (Å²) in [6.45, 7) is 0.156. The number of aliphatic hydroxyl groups is 1. The van der Waals surface area contributed by atoms with Crippen LogP contribution in [0.1, 0.15) is 24.5 Å². The fraction of sp³-hybridized carbons (Fsp3) is 0.462. The fourth-order valence-corrected chi connectivity index (χ4v) is 1.91. The van der Waals surface area contributed by atoms with E-state index < -0.39 is 6.10 Å². The van der Waals surface area contributed by atoms with E-state index in [1.54, 1.807) is 11.8 Å². The highest BCUT2D eigenvalue weighted by molar-refractivity contribution is 7.98. The highest BCUT2D eigenvalue weighted by Crippen LogP contribution is 2.12. The van der Waals surface area contributed by atoms with Crippen molar-refractivity contribution in [2.24, 2.45) is 0 Å². The number of hydrogen-bond donors (Lipinski definition) is 2. The van der Waals surface area contributed by atoms with Gasteiger partial charge in [-0.25, -0.2) is 4.39 Å². The molecule has 0 aliphatic carbocycles. The molecule has 0 bridgehead atoms. The maximum absolute atomic E-state index is 12.7. The van der Waals surface area contributed by atoms with Gasteiger partial charge in [0.05, 0.1) is 6.10 Å². The van der Waals surface area contributed by atoms with E-state index in [0.29, 0.717) is 12.0 Å². The van der Waals surface area contributed by atoms with Gasteiger partial charge in [-0.2, -0.15) is 11.8 Å². The number of aliphatic hydroxyl groups excluding tert-OH is 1. The van der Waals surface area contributed by atoms with Crippen LogP contribution in [0.5, 0.6) is 0 Å². The summed E-state index contributed by atoms with van der Waals surface area (Å²) in [5.74, 6) is 0.547. The van der Waals surface area contributed by atoms with Crippen molar-refractivity contribution in [2.45, 2.75) is 18.9 Å². The molecule has 100 valence electrons. The van der Waals surface area contributed by atoms with Gasteiger partial charge in [0.1, 0.15) is 5.82 Å². The molecule has 0 saturated carbocycles. The molecule has 0 aliphatic heterocycles. The molecule has 0 aliphatic rings. The molecule has 1 atom stereocenters. The van der Waals surface area contributed by atoms with Crippen molar-refractivity contribution in [3.05, 3.63) is 35.6 Å². The van der Waals surface area contributed by atoms with Crippen LogP contribution >= 0.6 is 11.8 Å². The second-order valence-electron chi connectivity index (χ2n) is 3.97. The fourth-order valence-electron chi connectivity index (χ4n) is 1.48. The maximum atomic E-state index is 12.7. The van der Waals surface area contributed by atoms with E-state index in [1.807, 2.05) is 6.26 Å². The number of nitrogens with one attached hydrogen (secondary N) is 1. The largest absolute Gasteiger partial charge is 0.387 e. The van der Waals surface area contributed by atoms with Crippen LogP contribution in [0.4, 0.5) is 4.39 Å². The summed E-state index contributed by atoms with van der Waals surface area (Å²) in [6, 6.07) is 5.61. The van der Waals surface area contributed by atoms with Crippen molar-refractivity contribution in [1.29, 1.82) is 0 Å². The standard InChI is InChI=1S/C13H18FNO2S/c1-18-8-2-3-13(17)15-9-12(16)10-4-6-11(14)7-5-10/h4-7,12,16H,2-3,8-9H2,1H3,(H,15,17). The van der Waals surface area contributed by atoms with E-state index in [2.05, 4.69) is 5.32 Å². The summed E-state index contributed by atoms with van der Waals surface area (Å²) >= 11 is 1.70. The molecule has 0 aromatic heterocycles. The molecule has 1 aromatic rings. The van der Waals surface area contributed by atoms with Gasteiger partial charge in [0, 0.05) is 13.0 Å². The molecular weight excluding hydrogens is 253 g/mol. The Morgan fingerprint density at radius 3 is 2.72 bits per heavy atom. The zero-order valence-electron chi connectivity index (χ0n) is 10.4. The molecule has 0 spiro atoms. The third-order valence-electron chi connectivity index (χ3n) is 2.50. The Morgan fingerprint density at radius 2 is 2.11 bits per heavy atom. The zero-order chi connectivity index (χ0) is 13.4. The molecule has 3 nitrogen and oxygen atoms in total. The Bertz CT molecular complexity index is 370. The number of benzene rings is 1. The maximum Gasteiger partial charge on any atom is 0.220 e. The zero-order valence-corrected chi connectivity index (χ0v) is 11.2. The van der Waals surface area contributed by atoms with Crippen LogP contribution in [-0.4, -0.2) is 29.6 Å². The van der Waals surface area contributed by atoms with Crippen molar-refractivity contribution >= 4 is 17.7 Å². The molecule has 0 heterocycles. The smallest absolute Gasteiger partial charge is 0.220 e. The number of carbonyl (C=O) groups excluding carboxylic acids is 1. The van der Waals surface area contributed by atoms with Gasteiger partial charge in [0.25, 0.3) is 0 Å². The molecule has 1 amide bonds. The SMILES string of the molecule is CSCCCC(=O)NCC(O)c1ccc(F)cc1. The first-order chi connectivity index (χ1) is 8.63. The van der Waals surface area contributed by atoms with Crippen molar-refractivity contribution in [3.63, 3.8) is 0 Å². The Kier molecular flexibility index (Phi) is 6.75. The highest BCUT2D eigenvalue weighted by atomic mass is 32.2. The van der Waals surface area contributed by atoms with Crippen LogP contribution in [0.2, 0.25) is 0 Å². The van der Waals surface area contributed by atoms with Crippen LogP contribution in [0.25, 0.3) is 0 Å². The van der Waals surface area contributed by atoms with Crippen molar-refractivity contribution in [1.82, 2.24) is 5.32 Å². The number of hydrogen-bond acceptors (Lipinski definition) is 3. The molecule has 2 N–H and O–H groups in total. The van der Waals surface area contributed by atoms with Crippen LogP contribution in [0.15, 0.2) is 24.3 Å². The van der Waals surface area contributed by atoms with E-state index in [1.165, 1.54) is 24.3 Å². The Labute approximate surface area is 111 Å². The minimum absolute atomic E-state index is 0.0646. The van der Waals surface area contributed by atoms with E-state index >= 15 is 0 Å². The minimum Gasteiger partial charge on any atom is -0.387 e. The number of halogens is 1. The van der Waals surface area contributed by atoms with Gasteiger partial charge in [-0.3, -0.25) is 4.79 Å². The van der Waals surface area contributed by atoms with Crippen LogP contribution in [0, 0.1) is 5.82 Å². The summed E-state index contributed by atoms with van der Waals surface area (Å²) in [6.07, 6.45) is 2.50. The minimum atomic E-state index is -0.796. The highest BCUT2D eigenvalue weighted by Gasteiger charge is 2.09. The molecule has 1 aromatic carbocycles. The average Bonchev–Trinajstić information content (AvgIpc) is 2.37. The number of thioether (sulfide) groups is 1. The number of rotatable bonds is 7. The first-order valence-electron chi connectivity index (χ1n) is 5.82. The van der Waals surface area contributed by atoms with E-state index in [-0.39, 0.29) is 18.3 Å². The second-order valence-corrected chi connectivity index (χ2v) is 4.95. The predicted molar refractivity (Wildman–Crippen MR) is 72.0 cm³/mol. The van der Waals surface area contributed by atoms with E-state index in [0.717, 1.165) is 12.2 Å². The average molecular weight is 271 g/mol. The summed E-state index contributed by atoms with van der Waals surface area (Å²) in [4.78, 5) is 11.4. The first kappa shape index (κ1) is 15.0. The summed E-state index contributed by atoms with van der Waals surface area (Å²) in [5, 5.41) is 12.5. The van der Waals surface area contributed by atoms with Gasteiger partial charge >= 0.3 is 0 Å². The summed E-state index contributed by atoms with van der Waals surface area (Å²) in [7, 11) is 0. The summed E-state index contributed by atoms with van der Waals surface area (Å²) < 4.78 is 12.7. The summed E-state index contributed by atoms with van der Waals surface area (Å²) in [5.41, 5.74) is 0.598. The molecule has 1 rings (SSSR count). The van der Waals surface area contributed by atoms with Gasteiger partial charge in [-0.05, 0) is 36.1 Å². The van der Waals surface area contributed by atoms with Gasteiger partial charge in [0.15, 0.2) is 0 Å². The topological polar surface area (TPSA) is 49.3 Å². The second kappa shape index (κ2) is 8.11. The lowest BCUT2D eigenvalue weighted by atomic mass is 10.1. The van der Waals surface area contributed by atoms with Gasteiger partial charge in [0.2, 0.25) is 5.91 Å². The molecule has 5 heteroatoms. The van der Waals surface area contributed by atoms with E-state index in [4.69, 9.17) is 0 Å². The Morgan fingerprint density at radius 1 is 1.44 bits per heavy atom. The molecular formula is C13H18FNO2S. The van der Waals surface area contributed by atoms with Crippen molar-refractivity contribution < 1.29 is 14.3 Å². The monoisotopic (exact) mass is 271 g/mol. The lowest BCUT2D eigenvalue weighted by Gasteiger charge is -2.12. The van der Waals surface area contributed by atoms with Crippen LogP contribution in [-0.2, 0) is 4.79 Å². The lowest BCUT2D eigenvalue weighted by Crippen LogP contribution is -2.28. The molecule has 0 saturated heterocycles. The molecule has 18 heavy (non-hydrogen) atoms. The molecule has 1 unspecified atom stereocenters. The van der Waals surface area contributed by atoms with Crippen molar-refractivity contribution in [2.75, 3.05) is 18.6 Å².